The maximum Gasteiger partial charge on any atom is 0.139 e. The van der Waals surface area contributed by atoms with E-state index in [1.807, 2.05) is 31.7 Å². The summed E-state index contributed by atoms with van der Waals surface area (Å²) in [4.78, 5) is 9.59. The van der Waals surface area contributed by atoms with E-state index in [-0.39, 0.29) is 5.41 Å². The van der Waals surface area contributed by atoms with Gasteiger partial charge in [-0.1, -0.05) is 88.1 Å². The molecule has 202 valence electrons. The second kappa shape index (κ2) is 11.1. The number of para-hydroxylation sites is 1. The van der Waals surface area contributed by atoms with Crippen LogP contribution >= 0.6 is 0 Å². The monoisotopic (exact) mass is 526 g/mol. The number of unbranched alkanes of at least 4 members (excludes halogenated alkanes) is 2. The van der Waals surface area contributed by atoms with Crippen molar-refractivity contribution in [3.05, 3.63) is 115 Å². The third-order valence-electron chi connectivity index (χ3n) is 8.48. The molecule has 0 bridgehead atoms. The van der Waals surface area contributed by atoms with Crippen molar-refractivity contribution in [1.29, 1.82) is 0 Å². The van der Waals surface area contributed by atoms with Crippen LogP contribution in [0.25, 0.3) is 38.9 Å². The van der Waals surface area contributed by atoms with Crippen LogP contribution in [0.3, 0.4) is 0 Å². The molecule has 0 N–H and O–H groups in total. The third-order valence-corrected chi connectivity index (χ3v) is 8.48. The highest BCUT2D eigenvalue weighted by molar-refractivity contribution is 6.09. The van der Waals surface area contributed by atoms with Gasteiger partial charge in [0, 0.05) is 53.1 Å². The Labute approximate surface area is 237 Å². The van der Waals surface area contributed by atoms with Gasteiger partial charge in [-0.05, 0) is 54.8 Å². The fraction of sp³-hybridized carbons (Fsp3) is 0.278. The van der Waals surface area contributed by atoms with E-state index in [0.29, 0.717) is 0 Å². The minimum atomic E-state index is -0.114. The van der Waals surface area contributed by atoms with Crippen molar-refractivity contribution in [2.45, 2.75) is 57.8 Å². The average Bonchev–Trinajstić information content (AvgIpc) is 3.58. The van der Waals surface area contributed by atoms with Crippen LogP contribution in [0.15, 0.2) is 104 Å². The first-order valence-electron chi connectivity index (χ1n) is 14.7. The summed E-state index contributed by atoms with van der Waals surface area (Å²) < 4.78 is 4.51. The largest absolute Gasteiger partial charge is 0.334 e. The second-order valence-electron chi connectivity index (χ2n) is 11.0. The molecule has 0 saturated heterocycles. The lowest BCUT2D eigenvalue weighted by Gasteiger charge is -2.34. The van der Waals surface area contributed by atoms with Gasteiger partial charge in [-0.3, -0.25) is 4.98 Å². The minimum Gasteiger partial charge on any atom is -0.334 e. The number of imidazole rings is 1. The van der Waals surface area contributed by atoms with Crippen LogP contribution in [0.5, 0.6) is 0 Å². The molecule has 3 aromatic heterocycles. The Balaban J connectivity index is 1.61. The van der Waals surface area contributed by atoms with E-state index in [1.54, 1.807) is 0 Å². The third kappa shape index (κ3) is 4.52. The maximum absolute atomic E-state index is 4.97. The second-order valence-corrected chi connectivity index (χ2v) is 11.0. The van der Waals surface area contributed by atoms with Crippen molar-refractivity contribution in [3.8, 4) is 17.1 Å². The summed E-state index contributed by atoms with van der Waals surface area (Å²) in [5, 5.41) is 2.56. The molecule has 0 aliphatic rings. The van der Waals surface area contributed by atoms with Crippen LogP contribution in [-0.2, 0) is 12.5 Å². The van der Waals surface area contributed by atoms with Crippen molar-refractivity contribution in [2.24, 2.45) is 7.05 Å². The topological polar surface area (TPSA) is 35.6 Å². The first-order valence-corrected chi connectivity index (χ1v) is 14.7. The number of aryl methyl sites for hydroxylation is 1. The van der Waals surface area contributed by atoms with Gasteiger partial charge >= 0.3 is 0 Å². The van der Waals surface area contributed by atoms with Gasteiger partial charge in [0.25, 0.3) is 0 Å². The van der Waals surface area contributed by atoms with Crippen LogP contribution < -0.4 is 0 Å². The number of aromatic nitrogens is 4. The lowest BCUT2D eigenvalue weighted by atomic mass is 9.70. The molecule has 6 rings (SSSR count). The van der Waals surface area contributed by atoms with E-state index in [9.17, 15) is 0 Å². The Hall–Kier alpha value is -4.18. The zero-order chi connectivity index (χ0) is 27.5. The molecule has 0 radical (unpaired) electrons. The fourth-order valence-corrected chi connectivity index (χ4v) is 6.39. The lowest BCUT2D eigenvalue weighted by molar-refractivity contribution is 0.396. The van der Waals surface area contributed by atoms with Crippen LogP contribution in [0.1, 0.15) is 63.6 Å². The summed E-state index contributed by atoms with van der Waals surface area (Å²) in [5.41, 5.74) is 7.16. The van der Waals surface area contributed by atoms with Crippen LogP contribution in [0.4, 0.5) is 0 Å². The predicted octanol–water partition coefficient (Wildman–Crippen LogP) is 9.25. The van der Waals surface area contributed by atoms with Crippen LogP contribution in [-0.4, -0.2) is 19.1 Å². The molecule has 0 fully saturated rings. The number of rotatable bonds is 10. The average molecular weight is 527 g/mol. The maximum atomic E-state index is 4.97. The summed E-state index contributed by atoms with van der Waals surface area (Å²) >= 11 is 0. The van der Waals surface area contributed by atoms with Crippen molar-refractivity contribution >= 4 is 21.8 Å². The molecule has 0 unspecified atom stereocenters. The SMILES string of the molecule is CCCCC(CCCC)(c1ccc2c3ccccc3n(-c3cccc(-c4nccn4C)c3)c2c1)c1ccccn1. The summed E-state index contributed by atoms with van der Waals surface area (Å²) in [6.45, 7) is 4.58. The van der Waals surface area contributed by atoms with Crippen molar-refractivity contribution in [1.82, 2.24) is 19.1 Å². The van der Waals surface area contributed by atoms with Gasteiger partial charge < -0.3 is 9.13 Å². The number of nitrogens with zero attached hydrogens (tertiary/aromatic N) is 4. The Morgan fingerprint density at radius 1 is 0.700 bits per heavy atom. The molecular weight excluding hydrogens is 488 g/mol. The van der Waals surface area contributed by atoms with Crippen molar-refractivity contribution in [3.63, 3.8) is 0 Å². The molecule has 4 heteroatoms. The van der Waals surface area contributed by atoms with Crippen molar-refractivity contribution in [2.75, 3.05) is 0 Å². The van der Waals surface area contributed by atoms with E-state index in [1.165, 1.54) is 58.7 Å². The smallest absolute Gasteiger partial charge is 0.139 e. The van der Waals surface area contributed by atoms with Gasteiger partial charge in [0.15, 0.2) is 0 Å². The minimum absolute atomic E-state index is 0.114. The molecule has 3 aromatic carbocycles. The van der Waals surface area contributed by atoms with Gasteiger partial charge in [-0.25, -0.2) is 4.98 Å². The standard InChI is InChI=1S/C36H38N4/c1-4-6-20-36(21-7-5-2,34-17-10-11-22-37-34)28-18-19-31-30-15-8-9-16-32(30)40(33(31)26-28)29-14-12-13-27(25-29)35-38-23-24-39(35)3/h8-19,22-26H,4-7,20-21H2,1-3H3. The summed E-state index contributed by atoms with van der Waals surface area (Å²) in [6.07, 6.45) is 12.7. The number of pyridine rings is 1. The zero-order valence-electron chi connectivity index (χ0n) is 23.8. The normalized spacial score (nSPS) is 12.0. The van der Waals surface area contributed by atoms with Crippen LogP contribution in [0.2, 0.25) is 0 Å². The number of fused-ring (bicyclic) bond motifs is 3. The molecule has 6 aromatic rings. The predicted molar refractivity (Wildman–Crippen MR) is 167 cm³/mol. The Morgan fingerprint density at radius 2 is 1.48 bits per heavy atom. The van der Waals surface area contributed by atoms with Gasteiger partial charge in [0.1, 0.15) is 5.82 Å². The number of benzene rings is 3. The molecule has 0 amide bonds. The molecule has 40 heavy (non-hydrogen) atoms. The molecule has 0 aliphatic carbocycles. The lowest BCUT2D eigenvalue weighted by Crippen LogP contribution is -2.29. The van der Waals surface area contributed by atoms with E-state index >= 15 is 0 Å². The van der Waals surface area contributed by atoms with E-state index in [4.69, 9.17) is 4.98 Å². The highest BCUT2D eigenvalue weighted by atomic mass is 15.0. The van der Waals surface area contributed by atoms with Crippen LogP contribution in [0, 0.1) is 0 Å². The quantitative estimate of drug-likeness (QED) is 0.178. The molecule has 0 aliphatic heterocycles. The van der Waals surface area contributed by atoms with E-state index in [0.717, 1.165) is 29.9 Å². The molecule has 0 atom stereocenters. The number of hydrogen-bond donors (Lipinski definition) is 0. The summed E-state index contributed by atoms with van der Waals surface area (Å²) in [6, 6.07) is 31.1. The van der Waals surface area contributed by atoms with E-state index in [2.05, 4.69) is 107 Å². The Morgan fingerprint density at radius 3 is 2.20 bits per heavy atom. The summed E-state index contributed by atoms with van der Waals surface area (Å²) in [7, 11) is 2.05. The molecular formula is C36H38N4. The highest BCUT2D eigenvalue weighted by Crippen LogP contribution is 2.43. The molecule has 0 saturated carbocycles. The molecule has 4 nitrogen and oxygen atoms in total. The van der Waals surface area contributed by atoms with Crippen molar-refractivity contribution < 1.29 is 0 Å². The Bertz CT molecular complexity index is 1730. The first kappa shape index (κ1) is 26.1. The van der Waals surface area contributed by atoms with Gasteiger partial charge in [-0.15, -0.1) is 0 Å². The fourth-order valence-electron chi connectivity index (χ4n) is 6.39. The zero-order valence-corrected chi connectivity index (χ0v) is 23.8. The Kier molecular flexibility index (Phi) is 7.25. The van der Waals surface area contributed by atoms with Gasteiger partial charge in [-0.2, -0.15) is 0 Å². The van der Waals surface area contributed by atoms with E-state index < -0.39 is 0 Å². The van der Waals surface area contributed by atoms with Gasteiger partial charge in [0.05, 0.1) is 16.7 Å². The van der Waals surface area contributed by atoms with Gasteiger partial charge in [0.2, 0.25) is 0 Å². The molecule has 3 heterocycles. The highest BCUT2D eigenvalue weighted by Gasteiger charge is 2.35. The molecule has 0 spiro atoms. The summed E-state index contributed by atoms with van der Waals surface area (Å²) in [5.74, 6) is 0.969. The first-order chi connectivity index (χ1) is 19.7. The number of hydrogen-bond acceptors (Lipinski definition) is 2.